The molecule has 1 aromatic heterocycles. The Hall–Kier alpha value is -2.33. The molecule has 24 heavy (non-hydrogen) atoms. The zero-order valence-electron chi connectivity index (χ0n) is 14.6. The van der Waals surface area contributed by atoms with Crippen molar-refractivity contribution in [2.75, 3.05) is 13.6 Å². The summed E-state index contributed by atoms with van der Waals surface area (Å²) in [7, 11) is 1.98. The Balaban J connectivity index is 2.10. The van der Waals surface area contributed by atoms with Gasteiger partial charge in [-0.3, -0.25) is 4.68 Å². The van der Waals surface area contributed by atoms with E-state index < -0.39 is 0 Å². The van der Waals surface area contributed by atoms with Crippen LogP contribution in [-0.2, 0) is 0 Å². The SMILES string of the molecule is CNCCC(c1ccccc1)n1ncc2cccc(OC(C)C)c21. The van der Waals surface area contributed by atoms with Crippen LogP contribution < -0.4 is 10.1 Å². The second kappa shape index (κ2) is 7.49. The quantitative estimate of drug-likeness (QED) is 0.714. The number of benzene rings is 2. The van der Waals surface area contributed by atoms with Crippen LogP contribution in [0.4, 0.5) is 0 Å². The Labute approximate surface area is 143 Å². The van der Waals surface area contributed by atoms with Gasteiger partial charge in [-0.15, -0.1) is 0 Å². The maximum absolute atomic E-state index is 6.04. The van der Waals surface area contributed by atoms with E-state index in [2.05, 4.69) is 54.2 Å². The number of hydrogen-bond donors (Lipinski definition) is 1. The van der Waals surface area contributed by atoms with E-state index in [1.54, 1.807) is 0 Å². The second-order valence-corrected chi connectivity index (χ2v) is 6.27. The molecule has 1 atom stereocenters. The molecule has 3 rings (SSSR count). The van der Waals surface area contributed by atoms with E-state index in [9.17, 15) is 0 Å². The van der Waals surface area contributed by atoms with Crippen molar-refractivity contribution in [3.8, 4) is 5.75 Å². The van der Waals surface area contributed by atoms with Gasteiger partial charge in [0.2, 0.25) is 0 Å². The summed E-state index contributed by atoms with van der Waals surface area (Å²) < 4.78 is 8.15. The largest absolute Gasteiger partial charge is 0.489 e. The molecule has 0 aliphatic carbocycles. The molecule has 1 N–H and O–H groups in total. The van der Waals surface area contributed by atoms with Crippen LogP contribution in [-0.4, -0.2) is 29.5 Å². The number of para-hydroxylation sites is 1. The van der Waals surface area contributed by atoms with E-state index >= 15 is 0 Å². The van der Waals surface area contributed by atoms with E-state index in [0.29, 0.717) is 0 Å². The van der Waals surface area contributed by atoms with Gasteiger partial charge in [0.05, 0.1) is 18.3 Å². The zero-order valence-corrected chi connectivity index (χ0v) is 14.6. The Morgan fingerprint density at radius 3 is 2.58 bits per heavy atom. The van der Waals surface area contributed by atoms with Gasteiger partial charge in [-0.25, -0.2) is 0 Å². The molecule has 0 fully saturated rings. The minimum absolute atomic E-state index is 0.131. The molecule has 4 heteroatoms. The Kier molecular flexibility index (Phi) is 5.16. The maximum Gasteiger partial charge on any atom is 0.145 e. The van der Waals surface area contributed by atoms with Gasteiger partial charge in [0, 0.05) is 5.39 Å². The third-order valence-electron chi connectivity index (χ3n) is 4.09. The highest BCUT2D eigenvalue weighted by Gasteiger charge is 2.19. The van der Waals surface area contributed by atoms with Gasteiger partial charge in [0.25, 0.3) is 0 Å². The van der Waals surface area contributed by atoms with Crippen LogP contribution in [0.15, 0.2) is 54.7 Å². The van der Waals surface area contributed by atoms with Crippen LogP contribution in [0.3, 0.4) is 0 Å². The smallest absolute Gasteiger partial charge is 0.145 e. The lowest BCUT2D eigenvalue weighted by Gasteiger charge is -2.21. The topological polar surface area (TPSA) is 39.1 Å². The zero-order chi connectivity index (χ0) is 16.9. The molecule has 0 bridgehead atoms. The Bertz CT molecular complexity index is 780. The standard InChI is InChI=1S/C20H25N3O/c1-15(2)24-19-11-7-10-17-14-22-23(20(17)19)18(12-13-21-3)16-8-5-4-6-9-16/h4-11,14-15,18,21H,12-13H2,1-3H3. The second-order valence-electron chi connectivity index (χ2n) is 6.27. The first-order valence-electron chi connectivity index (χ1n) is 8.53. The van der Waals surface area contributed by atoms with E-state index in [0.717, 1.165) is 29.6 Å². The minimum atomic E-state index is 0.131. The lowest BCUT2D eigenvalue weighted by molar-refractivity contribution is 0.244. The van der Waals surface area contributed by atoms with Crippen LogP contribution in [0.5, 0.6) is 5.75 Å². The number of nitrogens with one attached hydrogen (secondary N) is 1. The molecule has 0 spiro atoms. The molecule has 0 amide bonds. The fraction of sp³-hybridized carbons (Fsp3) is 0.350. The number of ether oxygens (including phenoxy) is 1. The van der Waals surface area contributed by atoms with Crippen LogP contribution in [0.1, 0.15) is 31.9 Å². The van der Waals surface area contributed by atoms with Gasteiger partial charge in [-0.1, -0.05) is 42.5 Å². The molecule has 1 heterocycles. The van der Waals surface area contributed by atoms with E-state index in [-0.39, 0.29) is 12.1 Å². The van der Waals surface area contributed by atoms with Crippen molar-refractivity contribution < 1.29 is 4.74 Å². The van der Waals surface area contributed by atoms with E-state index in [4.69, 9.17) is 9.84 Å². The Morgan fingerprint density at radius 1 is 1.08 bits per heavy atom. The molecular formula is C20H25N3O. The summed E-state index contributed by atoms with van der Waals surface area (Å²) in [6.45, 7) is 5.03. The molecule has 126 valence electrons. The van der Waals surface area contributed by atoms with Gasteiger partial charge < -0.3 is 10.1 Å². The van der Waals surface area contributed by atoms with Crippen molar-refractivity contribution in [2.24, 2.45) is 0 Å². The first-order valence-corrected chi connectivity index (χ1v) is 8.53. The van der Waals surface area contributed by atoms with Gasteiger partial charge in [-0.2, -0.15) is 5.10 Å². The molecule has 0 radical (unpaired) electrons. The summed E-state index contributed by atoms with van der Waals surface area (Å²) in [6, 6.07) is 16.9. The maximum atomic E-state index is 6.04. The number of aromatic nitrogens is 2. The van der Waals surface area contributed by atoms with Gasteiger partial charge in [0.15, 0.2) is 0 Å². The molecule has 1 unspecified atom stereocenters. The average Bonchev–Trinajstić information content (AvgIpc) is 3.01. The molecular weight excluding hydrogens is 298 g/mol. The Morgan fingerprint density at radius 2 is 1.88 bits per heavy atom. The van der Waals surface area contributed by atoms with Crippen molar-refractivity contribution in [3.05, 3.63) is 60.3 Å². The van der Waals surface area contributed by atoms with Crippen LogP contribution in [0, 0.1) is 0 Å². The number of hydrogen-bond acceptors (Lipinski definition) is 3. The van der Waals surface area contributed by atoms with Crippen LogP contribution >= 0.6 is 0 Å². The molecule has 0 aliphatic rings. The van der Waals surface area contributed by atoms with E-state index in [1.165, 1.54) is 5.56 Å². The van der Waals surface area contributed by atoms with Crippen molar-refractivity contribution in [2.45, 2.75) is 32.4 Å². The van der Waals surface area contributed by atoms with Crippen molar-refractivity contribution in [1.29, 1.82) is 0 Å². The molecule has 0 saturated heterocycles. The van der Waals surface area contributed by atoms with Crippen LogP contribution in [0.25, 0.3) is 10.9 Å². The highest BCUT2D eigenvalue weighted by atomic mass is 16.5. The number of nitrogens with zero attached hydrogens (tertiary/aromatic N) is 2. The van der Waals surface area contributed by atoms with Gasteiger partial charge in [-0.05, 0) is 45.5 Å². The molecule has 3 aromatic rings. The van der Waals surface area contributed by atoms with Crippen LogP contribution in [0.2, 0.25) is 0 Å². The van der Waals surface area contributed by atoms with Gasteiger partial charge in [0.1, 0.15) is 11.3 Å². The summed E-state index contributed by atoms with van der Waals surface area (Å²) in [5, 5.41) is 9.06. The summed E-state index contributed by atoms with van der Waals surface area (Å²) in [4.78, 5) is 0. The molecule has 4 nitrogen and oxygen atoms in total. The van der Waals surface area contributed by atoms with Crippen molar-refractivity contribution in [3.63, 3.8) is 0 Å². The minimum Gasteiger partial charge on any atom is -0.489 e. The van der Waals surface area contributed by atoms with Gasteiger partial charge >= 0.3 is 0 Å². The third-order valence-corrected chi connectivity index (χ3v) is 4.09. The first-order chi connectivity index (χ1) is 11.7. The van der Waals surface area contributed by atoms with E-state index in [1.807, 2.05) is 31.4 Å². The summed E-state index contributed by atoms with van der Waals surface area (Å²) in [5.41, 5.74) is 2.33. The predicted molar refractivity (Wildman–Crippen MR) is 98.6 cm³/mol. The lowest BCUT2D eigenvalue weighted by Crippen LogP contribution is -2.19. The van der Waals surface area contributed by atoms with Crippen molar-refractivity contribution >= 4 is 10.9 Å². The molecule has 2 aromatic carbocycles. The number of fused-ring (bicyclic) bond motifs is 1. The highest BCUT2D eigenvalue weighted by molar-refractivity contribution is 5.85. The molecule has 0 aliphatic heterocycles. The number of rotatable bonds is 7. The average molecular weight is 323 g/mol. The lowest BCUT2D eigenvalue weighted by atomic mass is 10.0. The normalized spacial score (nSPS) is 12.7. The summed E-state index contributed by atoms with van der Waals surface area (Å²) >= 11 is 0. The fourth-order valence-corrected chi connectivity index (χ4v) is 3.04. The fourth-order valence-electron chi connectivity index (χ4n) is 3.04. The monoisotopic (exact) mass is 323 g/mol. The highest BCUT2D eigenvalue weighted by Crippen LogP contribution is 2.32. The van der Waals surface area contributed by atoms with Crippen molar-refractivity contribution in [1.82, 2.24) is 15.1 Å². The predicted octanol–water partition coefficient (Wildman–Crippen LogP) is 4.02. The first kappa shape index (κ1) is 16.5. The summed E-state index contributed by atoms with van der Waals surface area (Å²) in [6.07, 6.45) is 3.02. The summed E-state index contributed by atoms with van der Waals surface area (Å²) in [5.74, 6) is 0.894. The molecule has 0 saturated carbocycles. The third kappa shape index (κ3) is 3.44.